The van der Waals surface area contributed by atoms with E-state index in [0.29, 0.717) is 6.54 Å². The Morgan fingerprint density at radius 3 is 2.10 bits per heavy atom. The Bertz CT molecular complexity index is 532. The van der Waals surface area contributed by atoms with E-state index in [4.69, 9.17) is 5.73 Å². The van der Waals surface area contributed by atoms with E-state index < -0.39 is 5.41 Å². The van der Waals surface area contributed by atoms with Crippen LogP contribution in [0.5, 0.6) is 0 Å². The van der Waals surface area contributed by atoms with Crippen molar-refractivity contribution in [3.05, 3.63) is 11.4 Å². The minimum absolute atomic E-state index is 0.158. The average molecular weight is 293 g/mol. The van der Waals surface area contributed by atoms with Crippen LogP contribution in [0.2, 0.25) is 0 Å². The maximum absolute atomic E-state index is 11.4. The summed E-state index contributed by atoms with van der Waals surface area (Å²) in [6.45, 7) is 12.2. The lowest BCUT2D eigenvalue weighted by molar-refractivity contribution is -0.125. The van der Waals surface area contributed by atoms with Crippen LogP contribution in [0.25, 0.3) is 0 Å². The van der Waals surface area contributed by atoms with Crippen molar-refractivity contribution in [2.75, 3.05) is 24.2 Å². The van der Waals surface area contributed by atoms with Crippen LogP contribution in [-0.4, -0.2) is 29.5 Å². The van der Waals surface area contributed by atoms with Gasteiger partial charge in [-0.1, -0.05) is 20.8 Å². The molecule has 0 atom stereocenters. The molecule has 0 aromatic carbocycles. The van der Waals surface area contributed by atoms with E-state index in [0.717, 1.165) is 23.0 Å². The molecule has 1 amide bonds. The molecule has 4 N–H and O–H groups in total. The van der Waals surface area contributed by atoms with Crippen molar-refractivity contribution in [3.63, 3.8) is 0 Å². The number of hydrogen-bond acceptors (Lipinski definition) is 5. The van der Waals surface area contributed by atoms with Crippen molar-refractivity contribution in [3.8, 4) is 0 Å². The summed E-state index contributed by atoms with van der Waals surface area (Å²) >= 11 is 0. The fourth-order valence-corrected chi connectivity index (χ4v) is 1.66. The second kappa shape index (κ2) is 5.87. The molecule has 0 aliphatic carbocycles. The molecule has 0 fully saturated rings. The molecular formula is C15H27N5O. The first-order valence-corrected chi connectivity index (χ1v) is 7.09. The van der Waals surface area contributed by atoms with Gasteiger partial charge in [0.15, 0.2) is 0 Å². The van der Waals surface area contributed by atoms with Crippen molar-refractivity contribution in [1.82, 2.24) is 9.97 Å². The van der Waals surface area contributed by atoms with Gasteiger partial charge in [-0.05, 0) is 20.8 Å². The molecule has 0 radical (unpaired) electrons. The Hall–Kier alpha value is -1.85. The molecule has 0 saturated carbocycles. The Morgan fingerprint density at radius 2 is 1.67 bits per heavy atom. The van der Waals surface area contributed by atoms with E-state index in [2.05, 4.69) is 41.4 Å². The van der Waals surface area contributed by atoms with E-state index in [9.17, 15) is 4.79 Å². The van der Waals surface area contributed by atoms with Gasteiger partial charge in [0.05, 0.1) is 5.41 Å². The lowest BCUT2D eigenvalue weighted by atomic mass is 9.92. The molecule has 0 aliphatic heterocycles. The third-order valence-electron chi connectivity index (χ3n) is 3.42. The number of carbonyl (C=O) groups is 1. The molecule has 1 aromatic rings. The molecule has 1 heterocycles. The molecule has 0 spiro atoms. The molecule has 118 valence electrons. The molecule has 0 unspecified atom stereocenters. The van der Waals surface area contributed by atoms with Crippen LogP contribution in [0.15, 0.2) is 0 Å². The SMILES string of the molecule is CNc1nc(C(C)(C)C)nc(NCC(C)(C)C(N)=O)c1C. The van der Waals surface area contributed by atoms with Gasteiger partial charge in [-0.15, -0.1) is 0 Å². The zero-order valence-corrected chi connectivity index (χ0v) is 14.1. The number of hydrogen-bond donors (Lipinski definition) is 3. The first-order valence-electron chi connectivity index (χ1n) is 7.09. The summed E-state index contributed by atoms with van der Waals surface area (Å²) in [6.07, 6.45) is 0. The fraction of sp³-hybridized carbons (Fsp3) is 0.667. The van der Waals surface area contributed by atoms with E-state index in [1.807, 2.05) is 27.8 Å². The van der Waals surface area contributed by atoms with E-state index in [-0.39, 0.29) is 11.3 Å². The molecule has 21 heavy (non-hydrogen) atoms. The third-order valence-corrected chi connectivity index (χ3v) is 3.42. The smallest absolute Gasteiger partial charge is 0.224 e. The summed E-state index contributed by atoms with van der Waals surface area (Å²) in [6, 6.07) is 0. The number of rotatable bonds is 5. The minimum Gasteiger partial charge on any atom is -0.373 e. The van der Waals surface area contributed by atoms with Crippen LogP contribution in [0.1, 0.15) is 46.0 Å². The molecule has 6 heteroatoms. The highest BCUT2D eigenvalue weighted by Crippen LogP contribution is 2.27. The Kier molecular flexibility index (Phi) is 4.81. The van der Waals surface area contributed by atoms with Gasteiger partial charge in [0, 0.05) is 24.6 Å². The molecule has 6 nitrogen and oxygen atoms in total. The summed E-state index contributed by atoms with van der Waals surface area (Å²) in [5.74, 6) is 1.92. The highest BCUT2D eigenvalue weighted by molar-refractivity contribution is 5.80. The zero-order chi connectivity index (χ0) is 16.4. The normalized spacial score (nSPS) is 12.1. The van der Waals surface area contributed by atoms with E-state index in [1.54, 1.807) is 0 Å². The summed E-state index contributed by atoms with van der Waals surface area (Å²) in [5, 5.41) is 6.32. The van der Waals surface area contributed by atoms with Crippen molar-refractivity contribution >= 4 is 17.5 Å². The van der Waals surface area contributed by atoms with Gasteiger partial charge in [-0.25, -0.2) is 9.97 Å². The molecule has 1 aromatic heterocycles. The predicted octanol–water partition coefficient (Wildman–Crippen LogP) is 2.05. The summed E-state index contributed by atoms with van der Waals surface area (Å²) in [7, 11) is 1.83. The van der Waals surface area contributed by atoms with Crippen LogP contribution in [0.3, 0.4) is 0 Å². The van der Waals surface area contributed by atoms with Gasteiger partial charge in [-0.2, -0.15) is 0 Å². The number of nitrogens with one attached hydrogen (secondary N) is 2. The Balaban J connectivity index is 3.14. The maximum Gasteiger partial charge on any atom is 0.224 e. The minimum atomic E-state index is -0.640. The van der Waals surface area contributed by atoms with Crippen molar-refractivity contribution < 1.29 is 4.79 Å². The van der Waals surface area contributed by atoms with Gasteiger partial charge >= 0.3 is 0 Å². The van der Waals surface area contributed by atoms with Crippen LogP contribution < -0.4 is 16.4 Å². The monoisotopic (exact) mass is 293 g/mol. The van der Waals surface area contributed by atoms with Gasteiger partial charge in [0.2, 0.25) is 5.91 Å². The average Bonchev–Trinajstić information content (AvgIpc) is 2.36. The second-order valence-electron chi connectivity index (χ2n) is 6.97. The largest absolute Gasteiger partial charge is 0.373 e. The molecule has 0 aliphatic rings. The van der Waals surface area contributed by atoms with E-state index >= 15 is 0 Å². The van der Waals surface area contributed by atoms with Crippen molar-refractivity contribution in [2.24, 2.45) is 11.1 Å². The Morgan fingerprint density at radius 1 is 1.14 bits per heavy atom. The lowest BCUT2D eigenvalue weighted by Gasteiger charge is -2.24. The topological polar surface area (TPSA) is 92.9 Å². The quantitative estimate of drug-likeness (QED) is 0.772. The standard InChI is InChI=1S/C15H27N5O/c1-9-10(17-7)19-13(14(2,3)4)20-11(9)18-8-15(5,6)12(16)21/h8H2,1-7H3,(H2,16,21)(H2,17,18,19,20). The highest BCUT2D eigenvalue weighted by atomic mass is 16.1. The van der Waals surface area contributed by atoms with Gasteiger partial charge in [0.1, 0.15) is 17.5 Å². The molecular weight excluding hydrogens is 266 g/mol. The van der Waals surface area contributed by atoms with Crippen LogP contribution in [0.4, 0.5) is 11.6 Å². The number of carbonyl (C=O) groups excluding carboxylic acids is 1. The predicted molar refractivity (Wildman–Crippen MR) is 86.5 cm³/mol. The van der Waals surface area contributed by atoms with Gasteiger partial charge < -0.3 is 16.4 Å². The molecule has 1 rings (SSSR count). The number of nitrogens with zero attached hydrogens (tertiary/aromatic N) is 2. The second-order valence-corrected chi connectivity index (χ2v) is 6.97. The maximum atomic E-state index is 11.4. The van der Waals surface area contributed by atoms with Crippen LogP contribution in [-0.2, 0) is 10.2 Å². The fourth-order valence-electron chi connectivity index (χ4n) is 1.66. The van der Waals surface area contributed by atoms with Gasteiger partial charge in [-0.3, -0.25) is 4.79 Å². The van der Waals surface area contributed by atoms with Crippen LogP contribution >= 0.6 is 0 Å². The number of aromatic nitrogens is 2. The number of primary amides is 1. The third kappa shape index (κ3) is 4.06. The summed E-state index contributed by atoms with van der Waals surface area (Å²) in [5.41, 5.74) is 5.53. The number of anilines is 2. The van der Waals surface area contributed by atoms with Crippen molar-refractivity contribution in [2.45, 2.75) is 47.0 Å². The first kappa shape index (κ1) is 17.2. The lowest BCUT2D eigenvalue weighted by Crippen LogP contribution is -2.37. The summed E-state index contributed by atoms with van der Waals surface area (Å²) in [4.78, 5) is 20.6. The van der Waals surface area contributed by atoms with Crippen molar-refractivity contribution in [1.29, 1.82) is 0 Å². The molecule has 0 bridgehead atoms. The number of amides is 1. The first-order chi connectivity index (χ1) is 9.49. The number of nitrogens with two attached hydrogens (primary N) is 1. The highest BCUT2D eigenvalue weighted by Gasteiger charge is 2.26. The summed E-state index contributed by atoms with van der Waals surface area (Å²) < 4.78 is 0. The zero-order valence-electron chi connectivity index (χ0n) is 14.1. The Labute approximate surface area is 126 Å². The van der Waals surface area contributed by atoms with E-state index in [1.165, 1.54) is 0 Å². The molecule has 0 saturated heterocycles. The van der Waals surface area contributed by atoms with Crippen LogP contribution in [0, 0.1) is 12.3 Å². The van der Waals surface area contributed by atoms with Gasteiger partial charge in [0.25, 0.3) is 0 Å².